The largest absolute Gasteiger partial charge is 0.492 e. The molecular formula is C14H19ClN2O4S. The summed E-state index contributed by atoms with van der Waals surface area (Å²) in [6.45, 7) is 0.873. The zero-order valence-electron chi connectivity index (χ0n) is 12.0. The highest BCUT2D eigenvalue weighted by Gasteiger charge is 2.28. The van der Waals surface area contributed by atoms with Crippen molar-refractivity contribution in [2.75, 3.05) is 24.7 Å². The second kappa shape index (κ2) is 7.69. The SMILES string of the molecule is O=C(NCCCOc1ccccc1Cl)NC1CCS(=O)(=O)C1. The predicted octanol–water partition coefficient (Wildman–Crippen LogP) is 1.60. The molecule has 1 saturated heterocycles. The fourth-order valence-electron chi connectivity index (χ4n) is 2.16. The second-order valence-electron chi connectivity index (χ2n) is 5.13. The third-order valence-corrected chi connectivity index (χ3v) is 5.35. The standard InChI is InChI=1S/C14H19ClN2O4S/c15-12-4-1-2-5-13(12)21-8-3-7-16-14(18)17-11-6-9-22(19,20)10-11/h1-2,4-5,11H,3,6-10H2,(H2,16,17,18). The van der Waals surface area contributed by atoms with E-state index in [0.29, 0.717) is 36.8 Å². The van der Waals surface area contributed by atoms with Crippen LogP contribution in [0.15, 0.2) is 24.3 Å². The van der Waals surface area contributed by atoms with Gasteiger partial charge in [0.25, 0.3) is 0 Å². The summed E-state index contributed by atoms with van der Waals surface area (Å²) in [6, 6.07) is 6.55. The maximum atomic E-state index is 11.6. The molecule has 0 spiro atoms. The van der Waals surface area contributed by atoms with Crippen LogP contribution in [0.4, 0.5) is 4.79 Å². The first-order chi connectivity index (χ1) is 10.5. The number of urea groups is 1. The lowest BCUT2D eigenvalue weighted by molar-refractivity contribution is 0.236. The molecule has 1 heterocycles. The van der Waals surface area contributed by atoms with E-state index in [1.807, 2.05) is 12.1 Å². The molecular weight excluding hydrogens is 328 g/mol. The maximum Gasteiger partial charge on any atom is 0.315 e. The number of amides is 2. The van der Waals surface area contributed by atoms with Crippen LogP contribution in [0.3, 0.4) is 0 Å². The molecule has 0 aromatic heterocycles. The van der Waals surface area contributed by atoms with Gasteiger partial charge in [-0.3, -0.25) is 0 Å². The maximum absolute atomic E-state index is 11.6. The summed E-state index contributed by atoms with van der Waals surface area (Å²) >= 11 is 5.95. The van der Waals surface area contributed by atoms with Crippen molar-refractivity contribution in [2.24, 2.45) is 0 Å². The summed E-state index contributed by atoms with van der Waals surface area (Å²) in [4.78, 5) is 11.6. The van der Waals surface area contributed by atoms with Gasteiger partial charge in [-0.25, -0.2) is 13.2 Å². The van der Waals surface area contributed by atoms with Gasteiger partial charge in [-0.05, 0) is 25.0 Å². The number of hydrogen-bond donors (Lipinski definition) is 2. The molecule has 22 heavy (non-hydrogen) atoms. The number of halogens is 1. The molecule has 1 fully saturated rings. The molecule has 122 valence electrons. The van der Waals surface area contributed by atoms with Crippen molar-refractivity contribution in [1.29, 1.82) is 0 Å². The Labute approximate surface area is 135 Å². The van der Waals surface area contributed by atoms with Gasteiger partial charge in [0.1, 0.15) is 5.75 Å². The average molecular weight is 347 g/mol. The van der Waals surface area contributed by atoms with Crippen LogP contribution < -0.4 is 15.4 Å². The highest BCUT2D eigenvalue weighted by molar-refractivity contribution is 7.91. The minimum Gasteiger partial charge on any atom is -0.492 e. The molecule has 2 rings (SSSR count). The average Bonchev–Trinajstić information content (AvgIpc) is 2.79. The van der Waals surface area contributed by atoms with Gasteiger partial charge < -0.3 is 15.4 Å². The van der Waals surface area contributed by atoms with E-state index in [4.69, 9.17) is 16.3 Å². The van der Waals surface area contributed by atoms with Gasteiger partial charge in [-0.15, -0.1) is 0 Å². The molecule has 1 unspecified atom stereocenters. The first kappa shape index (κ1) is 16.9. The number of hydrogen-bond acceptors (Lipinski definition) is 4. The van der Waals surface area contributed by atoms with Crippen molar-refractivity contribution in [2.45, 2.75) is 18.9 Å². The molecule has 1 atom stereocenters. The van der Waals surface area contributed by atoms with Crippen LogP contribution >= 0.6 is 11.6 Å². The zero-order valence-corrected chi connectivity index (χ0v) is 13.6. The van der Waals surface area contributed by atoms with E-state index in [1.165, 1.54) is 0 Å². The van der Waals surface area contributed by atoms with E-state index in [0.717, 1.165) is 0 Å². The van der Waals surface area contributed by atoms with Crippen LogP contribution in [0.2, 0.25) is 5.02 Å². The van der Waals surface area contributed by atoms with Crippen LogP contribution in [0.25, 0.3) is 0 Å². The van der Waals surface area contributed by atoms with Crippen molar-refractivity contribution < 1.29 is 17.9 Å². The van der Waals surface area contributed by atoms with Crippen molar-refractivity contribution in [3.63, 3.8) is 0 Å². The number of benzene rings is 1. The Bertz CT molecular complexity index is 621. The molecule has 1 aliphatic heterocycles. The molecule has 0 saturated carbocycles. The van der Waals surface area contributed by atoms with Crippen LogP contribution in [-0.4, -0.2) is 45.1 Å². The zero-order chi connectivity index (χ0) is 16.0. The Morgan fingerprint density at radius 2 is 2.14 bits per heavy atom. The van der Waals surface area contributed by atoms with Crippen LogP contribution in [-0.2, 0) is 9.84 Å². The second-order valence-corrected chi connectivity index (χ2v) is 7.77. The van der Waals surface area contributed by atoms with E-state index >= 15 is 0 Å². The summed E-state index contributed by atoms with van der Waals surface area (Å²) in [6.07, 6.45) is 1.10. The van der Waals surface area contributed by atoms with Crippen molar-refractivity contribution in [3.05, 3.63) is 29.3 Å². The molecule has 1 aliphatic rings. The van der Waals surface area contributed by atoms with E-state index < -0.39 is 9.84 Å². The number of carbonyl (C=O) groups is 1. The number of carbonyl (C=O) groups excluding carboxylic acids is 1. The molecule has 8 heteroatoms. The van der Waals surface area contributed by atoms with Gasteiger partial charge in [0.05, 0.1) is 23.1 Å². The third-order valence-electron chi connectivity index (χ3n) is 3.27. The van der Waals surface area contributed by atoms with Gasteiger partial charge in [0.15, 0.2) is 9.84 Å². The highest BCUT2D eigenvalue weighted by Crippen LogP contribution is 2.22. The Morgan fingerprint density at radius 1 is 1.36 bits per heavy atom. The summed E-state index contributed by atoms with van der Waals surface area (Å²) < 4.78 is 28.1. The van der Waals surface area contributed by atoms with E-state index in [9.17, 15) is 13.2 Å². The van der Waals surface area contributed by atoms with Crippen LogP contribution in [0.1, 0.15) is 12.8 Å². The van der Waals surface area contributed by atoms with Gasteiger partial charge in [-0.1, -0.05) is 23.7 Å². The lowest BCUT2D eigenvalue weighted by Crippen LogP contribution is -2.43. The number of rotatable bonds is 6. The van der Waals surface area contributed by atoms with Crippen LogP contribution in [0.5, 0.6) is 5.75 Å². The Hall–Kier alpha value is -1.47. The predicted molar refractivity (Wildman–Crippen MR) is 85.2 cm³/mol. The molecule has 6 nitrogen and oxygen atoms in total. The lowest BCUT2D eigenvalue weighted by atomic mass is 10.3. The number of nitrogens with one attached hydrogen (secondary N) is 2. The summed E-state index contributed by atoms with van der Waals surface area (Å²) in [5, 5.41) is 5.89. The van der Waals surface area contributed by atoms with Gasteiger partial charge >= 0.3 is 6.03 Å². The molecule has 0 aliphatic carbocycles. The highest BCUT2D eigenvalue weighted by atomic mass is 35.5. The molecule has 1 aromatic carbocycles. The van der Waals surface area contributed by atoms with Gasteiger partial charge in [0.2, 0.25) is 0 Å². The quantitative estimate of drug-likeness (QED) is 0.766. The Balaban J connectivity index is 1.59. The Kier molecular flexibility index (Phi) is 5.90. The molecule has 1 aromatic rings. The monoisotopic (exact) mass is 346 g/mol. The van der Waals surface area contributed by atoms with Gasteiger partial charge in [0, 0.05) is 12.6 Å². The summed E-state index contributed by atoms with van der Waals surface area (Å²) in [5.41, 5.74) is 0. The van der Waals surface area contributed by atoms with Crippen LogP contribution in [0, 0.1) is 0 Å². The normalized spacial score (nSPS) is 19.6. The topological polar surface area (TPSA) is 84.5 Å². The first-order valence-corrected chi connectivity index (χ1v) is 9.28. The van der Waals surface area contributed by atoms with E-state index in [1.54, 1.807) is 12.1 Å². The summed E-state index contributed by atoms with van der Waals surface area (Å²) in [7, 11) is -2.98. The number of sulfone groups is 1. The molecule has 2 amide bonds. The van der Waals surface area contributed by atoms with Gasteiger partial charge in [-0.2, -0.15) is 0 Å². The Morgan fingerprint density at radius 3 is 2.82 bits per heavy atom. The fraction of sp³-hybridized carbons (Fsp3) is 0.500. The number of ether oxygens (including phenoxy) is 1. The molecule has 0 bridgehead atoms. The molecule has 0 radical (unpaired) electrons. The smallest absolute Gasteiger partial charge is 0.315 e. The minimum absolute atomic E-state index is 0.0238. The van der Waals surface area contributed by atoms with Crippen molar-refractivity contribution >= 4 is 27.5 Å². The van der Waals surface area contributed by atoms with E-state index in [2.05, 4.69) is 10.6 Å². The molecule has 2 N–H and O–H groups in total. The summed E-state index contributed by atoms with van der Waals surface area (Å²) in [5.74, 6) is 0.782. The minimum atomic E-state index is -2.98. The lowest BCUT2D eigenvalue weighted by Gasteiger charge is -2.12. The van der Waals surface area contributed by atoms with Crippen molar-refractivity contribution in [3.8, 4) is 5.75 Å². The van der Waals surface area contributed by atoms with Crippen molar-refractivity contribution in [1.82, 2.24) is 10.6 Å². The third kappa shape index (κ3) is 5.38. The van der Waals surface area contributed by atoms with E-state index in [-0.39, 0.29) is 23.6 Å². The first-order valence-electron chi connectivity index (χ1n) is 7.08. The number of para-hydroxylation sites is 1. The fourth-order valence-corrected chi connectivity index (χ4v) is 4.03.